The van der Waals surface area contributed by atoms with Gasteiger partial charge in [0.2, 0.25) is 5.91 Å². The molecule has 1 fully saturated rings. The van der Waals surface area contributed by atoms with E-state index in [0.29, 0.717) is 49.7 Å². The predicted molar refractivity (Wildman–Crippen MR) is 124 cm³/mol. The van der Waals surface area contributed by atoms with E-state index in [1.54, 1.807) is 17.2 Å². The Bertz CT molecular complexity index is 1200. The lowest BCUT2D eigenvalue weighted by Crippen LogP contribution is -2.49. The highest BCUT2D eigenvalue weighted by atomic mass is 16.5. The monoisotopic (exact) mass is 433 g/mol. The average Bonchev–Trinajstić information content (AvgIpc) is 2.80. The number of nitrogens with zero attached hydrogens (tertiary/aromatic N) is 3. The largest absolute Gasteiger partial charge is 0.489 e. The fourth-order valence-electron chi connectivity index (χ4n) is 3.86. The summed E-state index contributed by atoms with van der Waals surface area (Å²) >= 11 is 0. The fourth-order valence-corrected chi connectivity index (χ4v) is 3.86. The van der Waals surface area contributed by atoms with Gasteiger partial charge in [0.05, 0.1) is 12.0 Å². The maximum atomic E-state index is 12.9. The first-order chi connectivity index (χ1) is 15.4. The van der Waals surface area contributed by atoms with E-state index in [0.717, 1.165) is 22.3 Å². The number of hydrogen-bond donors (Lipinski definition) is 0. The highest BCUT2D eigenvalue weighted by Crippen LogP contribution is 2.25. The van der Waals surface area contributed by atoms with Crippen LogP contribution in [0.2, 0.25) is 0 Å². The Morgan fingerprint density at radius 2 is 1.97 bits per heavy atom. The number of anilines is 1. The van der Waals surface area contributed by atoms with Crippen molar-refractivity contribution in [3.8, 4) is 5.75 Å². The summed E-state index contributed by atoms with van der Waals surface area (Å²) in [6.45, 7) is 10.6. The molecule has 2 aromatic heterocycles. The SMILES string of the molecule is C=C(C)COc1ccc2c(C)c(CC(=O)N3CCN(c4ccccn4)CC3)c(=O)oc2c1. The second-order valence-electron chi connectivity index (χ2n) is 8.13. The Balaban J connectivity index is 1.46. The Morgan fingerprint density at radius 3 is 2.66 bits per heavy atom. The van der Waals surface area contributed by atoms with E-state index in [9.17, 15) is 9.59 Å². The second-order valence-corrected chi connectivity index (χ2v) is 8.13. The molecule has 1 saturated heterocycles. The lowest BCUT2D eigenvalue weighted by molar-refractivity contribution is -0.130. The van der Waals surface area contributed by atoms with Crippen molar-refractivity contribution >= 4 is 22.7 Å². The summed E-state index contributed by atoms with van der Waals surface area (Å²) in [6, 6.07) is 11.2. The van der Waals surface area contributed by atoms with Crippen LogP contribution in [0.25, 0.3) is 11.0 Å². The summed E-state index contributed by atoms with van der Waals surface area (Å²) in [7, 11) is 0. The minimum absolute atomic E-state index is 0.0294. The summed E-state index contributed by atoms with van der Waals surface area (Å²) in [5, 5.41) is 0.801. The molecule has 0 radical (unpaired) electrons. The van der Waals surface area contributed by atoms with Crippen molar-refractivity contribution in [3.63, 3.8) is 0 Å². The number of carbonyl (C=O) groups excluding carboxylic acids is 1. The van der Waals surface area contributed by atoms with E-state index in [-0.39, 0.29) is 12.3 Å². The highest BCUT2D eigenvalue weighted by Gasteiger charge is 2.24. The zero-order chi connectivity index (χ0) is 22.7. The Labute approximate surface area is 186 Å². The molecular formula is C25H27N3O4. The van der Waals surface area contributed by atoms with Crippen molar-refractivity contribution in [2.24, 2.45) is 0 Å². The lowest BCUT2D eigenvalue weighted by atomic mass is 10.0. The smallest absolute Gasteiger partial charge is 0.340 e. The van der Waals surface area contributed by atoms with Crippen LogP contribution in [0.5, 0.6) is 5.75 Å². The van der Waals surface area contributed by atoms with Crippen molar-refractivity contribution in [2.45, 2.75) is 20.3 Å². The zero-order valence-electron chi connectivity index (χ0n) is 18.5. The van der Waals surface area contributed by atoms with Crippen LogP contribution >= 0.6 is 0 Å². The van der Waals surface area contributed by atoms with Gasteiger partial charge >= 0.3 is 5.63 Å². The van der Waals surface area contributed by atoms with Gasteiger partial charge in [0.15, 0.2) is 0 Å². The Hall–Kier alpha value is -3.61. The molecule has 3 heterocycles. The van der Waals surface area contributed by atoms with Crippen LogP contribution in [0.15, 0.2) is 64.0 Å². The van der Waals surface area contributed by atoms with Gasteiger partial charge in [-0.3, -0.25) is 4.79 Å². The van der Waals surface area contributed by atoms with Gasteiger partial charge in [-0.05, 0) is 49.2 Å². The van der Waals surface area contributed by atoms with Crippen LogP contribution in [-0.2, 0) is 11.2 Å². The normalized spacial score (nSPS) is 13.9. The maximum absolute atomic E-state index is 12.9. The number of aromatic nitrogens is 1. The Morgan fingerprint density at radius 1 is 1.19 bits per heavy atom. The third-order valence-corrected chi connectivity index (χ3v) is 5.68. The number of amides is 1. The molecule has 0 unspecified atom stereocenters. The van der Waals surface area contributed by atoms with Crippen LogP contribution < -0.4 is 15.3 Å². The third-order valence-electron chi connectivity index (χ3n) is 5.68. The van der Waals surface area contributed by atoms with Gasteiger partial charge in [-0.25, -0.2) is 9.78 Å². The van der Waals surface area contributed by atoms with Crippen molar-refractivity contribution in [3.05, 3.63) is 76.3 Å². The first-order valence-electron chi connectivity index (χ1n) is 10.7. The number of hydrogen-bond acceptors (Lipinski definition) is 6. The topological polar surface area (TPSA) is 75.9 Å². The van der Waals surface area contributed by atoms with Gasteiger partial charge < -0.3 is 19.0 Å². The van der Waals surface area contributed by atoms with Gasteiger partial charge in [-0.2, -0.15) is 0 Å². The van der Waals surface area contributed by atoms with Crippen LogP contribution in [0.3, 0.4) is 0 Å². The molecular weight excluding hydrogens is 406 g/mol. The molecule has 0 bridgehead atoms. The summed E-state index contributed by atoms with van der Waals surface area (Å²) in [4.78, 5) is 34.0. The number of rotatable bonds is 6. The van der Waals surface area contributed by atoms with Crippen molar-refractivity contribution in [2.75, 3.05) is 37.7 Å². The minimum Gasteiger partial charge on any atom is -0.489 e. The van der Waals surface area contributed by atoms with Gasteiger partial charge in [-0.15, -0.1) is 0 Å². The number of pyridine rings is 1. The van der Waals surface area contributed by atoms with Crippen molar-refractivity contribution in [1.82, 2.24) is 9.88 Å². The van der Waals surface area contributed by atoms with E-state index in [1.165, 1.54) is 0 Å². The summed E-state index contributed by atoms with van der Waals surface area (Å²) < 4.78 is 11.2. The minimum atomic E-state index is -0.479. The van der Waals surface area contributed by atoms with E-state index >= 15 is 0 Å². The second kappa shape index (κ2) is 9.26. The van der Waals surface area contributed by atoms with E-state index in [4.69, 9.17) is 9.15 Å². The molecule has 1 aliphatic rings. The van der Waals surface area contributed by atoms with Crippen molar-refractivity contribution in [1.29, 1.82) is 0 Å². The quantitative estimate of drug-likeness (QED) is 0.438. The summed E-state index contributed by atoms with van der Waals surface area (Å²) in [5.74, 6) is 1.46. The lowest BCUT2D eigenvalue weighted by Gasteiger charge is -2.35. The van der Waals surface area contributed by atoms with Gasteiger partial charge in [0.1, 0.15) is 23.8 Å². The first-order valence-corrected chi connectivity index (χ1v) is 10.7. The molecule has 7 nitrogen and oxygen atoms in total. The molecule has 0 N–H and O–H groups in total. The molecule has 1 aromatic carbocycles. The molecule has 4 rings (SSSR count). The number of benzene rings is 1. The molecule has 1 aliphatic heterocycles. The van der Waals surface area contributed by atoms with Crippen LogP contribution in [0, 0.1) is 6.92 Å². The first kappa shape index (κ1) is 21.6. The van der Waals surface area contributed by atoms with E-state index < -0.39 is 5.63 Å². The maximum Gasteiger partial charge on any atom is 0.340 e. The number of carbonyl (C=O) groups is 1. The summed E-state index contributed by atoms with van der Waals surface area (Å²) in [6.07, 6.45) is 1.80. The van der Waals surface area contributed by atoms with Crippen LogP contribution in [-0.4, -0.2) is 48.6 Å². The Kier molecular flexibility index (Phi) is 6.25. The van der Waals surface area contributed by atoms with E-state index in [1.807, 2.05) is 44.2 Å². The van der Waals surface area contributed by atoms with Crippen LogP contribution in [0.1, 0.15) is 18.1 Å². The molecule has 7 heteroatoms. The molecule has 3 aromatic rings. The van der Waals surface area contributed by atoms with Gasteiger partial charge in [0, 0.05) is 43.8 Å². The van der Waals surface area contributed by atoms with Gasteiger partial charge in [0.25, 0.3) is 0 Å². The number of fused-ring (bicyclic) bond motifs is 1. The molecule has 0 atom stereocenters. The standard InChI is InChI=1S/C25H27N3O4/c1-17(2)16-31-19-7-8-20-18(3)21(25(30)32-22(20)14-19)15-24(29)28-12-10-27(11-13-28)23-6-4-5-9-26-23/h4-9,14H,1,10-13,15-16H2,2-3H3. The summed E-state index contributed by atoms with van der Waals surface area (Å²) in [5.41, 5.74) is 2.05. The predicted octanol–water partition coefficient (Wildman–Crippen LogP) is 3.34. The molecule has 0 aliphatic carbocycles. The van der Waals surface area contributed by atoms with Crippen molar-refractivity contribution < 1.29 is 13.9 Å². The molecule has 1 amide bonds. The number of ether oxygens (including phenoxy) is 1. The molecule has 0 saturated carbocycles. The average molecular weight is 434 g/mol. The third kappa shape index (κ3) is 4.66. The molecule has 32 heavy (non-hydrogen) atoms. The van der Waals surface area contributed by atoms with Crippen LogP contribution in [0.4, 0.5) is 5.82 Å². The number of aryl methyl sites for hydroxylation is 1. The zero-order valence-corrected chi connectivity index (χ0v) is 18.5. The highest BCUT2D eigenvalue weighted by molar-refractivity contribution is 5.85. The fraction of sp³-hybridized carbons (Fsp3) is 0.320. The molecule has 0 spiro atoms. The van der Waals surface area contributed by atoms with Gasteiger partial charge in [-0.1, -0.05) is 12.6 Å². The molecule has 166 valence electrons. The number of piperazine rings is 1. The van der Waals surface area contributed by atoms with E-state index in [2.05, 4.69) is 16.5 Å².